The van der Waals surface area contributed by atoms with Crippen LogP contribution in [0.4, 0.5) is 0 Å². The Morgan fingerprint density at radius 3 is 3.12 bits per heavy atom. The molecule has 0 saturated carbocycles. The van der Waals surface area contributed by atoms with Crippen LogP contribution in [0.3, 0.4) is 0 Å². The molecule has 96 valence electrons. The van der Waals surface area contributed by atoms with E-state index in [0.717, 1.165) is 11.7 Å². The van der Waals surface area contributed by atoms with Crippen molar-refractivity contribution in [3.8, 4) is 5.88 Å². The van der Waals surface area contributed by atoms with Gasteiger partial charge in [0, 0.05) is 19.0 Å². The quantitative estimate of drug-likeness (QED) is 0.560. The molecule has 0 saturated heterocycles. The standard InChI is InChI=1S/C9H16N4O3S/c1-6(2-8(10)15)11-3-7(14)5-16-9-4-12-17-13-9/h4,6-7,11,14H,2-3,5H2,1H3,(H2,10,15). The number of hydrogen-bond acceptors (Lipinski definition) is 7. The van der Waals surface area contributed by atoms with Crippen LogP contribution in [0, 0.1) is 0 Å². The zero-order valence-electron chi connectivity index (χ0n) is 9.50. The molecule has 0 radical (unpaired) electrons. The molecule has 0 aliphatic carbocycles. The number of hydrogen-bond donors (Lipinski definition) is 3. The highest BCUT2D eigenvalue weighted by Gasteiger charge is 2.10. The molecule has 0 aliphatic rings. The minimum atomic E-state index is -0.674. The summed E-state index contributed by atoms with van der Waals surface area (Å²) in [4.78, 5) is 10.6. The summed E-state index contributed by atoms with van der Waals surface area (Å²) < 4.78 is 12.8. The second kappa shape index (κ2) is 7.15. The van der Waals surface area contributed by atoms with E-state index in [1.807, 2.05) is 6.92 Å². The van der Waals surface area contributed by atoms with Crippen molar-refractivity contribution >= 4 is 17.6 Å². The van der Waals surface area contributed by atoms with Crippen LogP contribution in [0.2, 0.25) is 0 Å². The molecule has 2 atom stereocenters. The molecule has 1 aromatic rings. The summed E-state index contributed by atoms with van der Waals surface area (Å²) in [7, 11) is 0. The predicted octanol–water partition coefficient (Wildman–Crippen LogP) is -0.869. The average molecular weight is 260 g/mol. The van der Waals surface area contributed by atoms with Crippen molar-refractivity contribution < 1.29 is 14.6 Å². The fourth-order valence-corrected chi connectivity index (χ4v) is 1.54. The van der Waals surface area contributed by atoms with Gasteiger partial charge in [-0.05, 0) is 6.92 Å². The molecule has 4 N–H and O–H groups in total. The van der Waals surface area contributed by atoms with Gasteiger partial charge in [-0.15, -0.1) is 4.37 Å². The Kier molecular flexibility index (Phi) is 5.81. The zero-order valence-corrected chi connectivity index (χ0v) is 10.3. The topological polar surface area (TPSA) is 110 Å². The van der Waals surface area contributed by atoms with Crippen molar-refractivity contribution in [3.63, 3.8) is 0 Å². The summed E-state index contributed by atoms with van der Waals surface area (Å²) in [5, 5.41) is 12.6. The summed E-state index contributed by atoms with van der Waals surface area (Å²) >= 11 is 1.04. The van der Waals surface area contributed by atoms with Crippen molar-refractivity contribution in [1.29, 1.82) is 0 Å². The van der Waals surface area contributed by atoms with Crippen molar-refractivity contribution in [1.82, 2.24) is 14.1 Å². The highest BCUT2D eigenvalue weighted by Crippen LogP contribution is 2.05. The van der Waals surface area contributed by atoms with Gasteiger partial charge in [-0.3, -0.25) is 4.79 Å². The van der Waals surface area contributed by atoms with Gasteiger partial charge in [-0.1, -0.05) is 0 Å². The SMILES string of the molecule is CC(CC(N)=O)NCC(O)COc1cnsn1. The van der Waals surface area contributed by atoms with Crippen LogP contribution < -0.4 is 15.8 Å². The number of carbonyl (C=O) groups is 1. The summed E-state index contributed by atoms with van der Waals surface area (Å²) in [6, 6.07) is -0.0666. The van der Waals surface area contributed by atoms with E-state index in [-0.39, 0.29) is 25.0 Å². The summed E-state index contributed by atoms with van der Waals surface area (Å²) in [6.07, 6.45) is 1.05. The highest BCUT2D eigenvalue weighted by atomic mass is 32.1. The second-order valence-corrected chi connectivity index (χ2v) is 4.25. The number of primary amides is 1. The van der Waals surface area contributed by atoms with Crippen LogP contribution in [0.25, 0.3) is 0 Å². The Balaban J connectivity index is 2.12. The maximum Gasteiger partial charge on any atom is 0.245 e. The molecule has 0 fully saturated rings. The van der Waals surface area contributed by atoms with Gasteiger partial charge in [0.15, 0.2) is 0 Å². The van der Waals surface area contributed by atoms with Crippen LogP contribution in [-0.4, -0.2) is 45.1 Å². The molecule has 17 heavy (non-hydrogen) atoms. The fraction of sp³-hybridized carbons (Fsp3) is 0.667. The van der Waals surface area contributed by atoms with E-state index in [9.17, 15) is 9.90 Å². The lowest BCUT2D eigenvalue weighted by Crippen LogP contribution is -2.38. The molecular weight excluding hydrogens is 244 g/mol. The number of aliphatic hydroxyl groups is 1. The predicted molar refractivity (Wildman–Crippen MR) is 62.7 cm³/mol. The first-order valence-corrected chi connectivity index (χ1v) is 5.91. The van der Waals surface area contributed by atoms with Crippen LogP contribution in [0.1, 0.15) is 13.3 Å². The Morgan fingerprint density at radius 2 is 2.53 bits per heavy atom. The lowest BCUT2D eigenvalue weighted by atomic mass is 10.2. The molecule has 1 rings (SSSR count). The smallest absolute Gasteiger partial charge is 0.245 e. The van der Waals surface area contributed by atoms with Gasteiger partial charge in [-0.25, -0.2) is 0 Å². The molecule has 7 nitrogen and oxygen atoms in total. The van der Waals surface area contributed by atoms with E-state index in [1.165, 1.54) is 6.20 Å². The average Bonchev–Trinajstić information content (AvgIpc) is 2.75. The Bertz CT molecular complexity index is 333. The molecule has 2 unspecified atom stereocenters. The number of amides is 1. The molecule has 0 aromatic carbocycles. The number of aliphatic hydroxyl groups excluding tert-OH is 1. The summed E-state index contributed by atoms with van der Waals surface area (Å²) in [6.45, 7) is 2.27. The van der Waals surface area contributed by atoms with Gasteiger partial charge in [0.25, 0.3) is 0 Å². The number of nitrogens with one attached hydrogen (secondary N) is 1. The van der Waals surface area contributed by atoms with E-state index in [2.05, 4.69) is 14.1 Å². The van der Waals surface area contributed by atoms with Gasteiger partial charge in [-0.2, -0.15) is 4.37 Å². The van der Waals surface area contributed by atoms with Crippen molar-refractivity contribution in [2.75, 3.05) is 13.2 Å². The number of nitrogens with two attached hydrogens (primary N) is 1. The van der Waals surface area contributed by atoms with Crippen LogP contribution in [0.5, 0.6) is 5.88 Å². The molecule has 1 aromatic heterocycles. The van der Waals surface area contributed by atoms with E-state index in [0.29, 0.717) is 12.4 Å². The molecule has 0 spiro atoms. The molecule has 1 heterocycles. The van der Waals surface area contributed by atoms with Gasteiger partial charge in [0.2, 0.25) is 11.8 Å². The van der Waals surface area contributed by atoms with Crippen LogP contribution in [0.15, 0.2) is 6.20 Å². The number of ether oxygens (including phenoxy) is 1. The zero-order chi connectivity index (χ0) is 12.7. The van der Waals surface area contributed by atoms with Gasteiger partial charge >= 0.3 is 0 Å². The minimum absolute atomic E-state index is 0.0666. The Hall–Kier alpha value is -1.25. The van der Waals surface area contributed by atoms with Crippen LogP contribution in [-0.2, 0) is 4.79 Å². The largest absolute Gasteiger partial charge is 0.473 e. The first-order valence-electron chi connectivity index (χ1n) is 5.18. The van der Waals surface area contributed by atoms with Crippen molar-refractivity contribution in [2.45, 2.75) is 25.5 Å². The molecule has 8 heteroatoms. The number of rotatable bonds is 8. The van der Waals surface area contributed by atoms with Gasteiger partial charge < -0.3 is 20.9 Å². The van der Waals surface area contributed by atoms with Crippen molar-refractivity contribution in [2.24, 2.45) is 5.73 Å². The number of aromatic nitrogens is 2. The summed E-state index contributed by atoms with van der Waals surface area (Å²) in [5.74, 6) is 0.0310. The summed E-state index contributed by atoms with van der Waals surface area (Å²) in [5.41, 5.74) is 5.04. The maximum absolute atomic E-state index is 10.6. The number of carbonyl (C=O) groups excluding carboxylic acids is 1. The van der Waals surface area contributed by atoms with E-state index < -0.39 is 6.10 Å². The molecular formula is C9H16N4O3S. The van der Waals surface area contributed by atoms with E-state index >= 15 is 0 Å². The van der Waals surface area contributed by atoms with Crippen molar-refractivity contribution in [3.05, 3.63) is 6.20 Å². The highest BCUT2D eigenvalue weighted by molar-refractivity contribution is 6.99. The minimum Gasteiger partial charge on any atom is -0.473 e. The molecule has 1 amide bonds. The fourth-order valence-electron chi connectivity index (χ4n) is 1.17. The third-order valence-corrected chi connectivity index (χ3v) is 2.44. The second-order valence-electron chi connectivity index (χ2n) is 3.69. The lowest BCUT2D eigenvalue weighted by molar-refractivity contribution is -0.118. The first-order chi connectivity index (χ1) is 8.08. The van der Waals surface area contributed by atoms with E-state index in [1.54, 1.807) is 0 Å². The first kappa shape index (κ1) is 13.8. The Morgan fingerprint density at radius 1 is 1.76 bits per heavy atom. The molecule has 0 aliphatic heterocycles. The normalized spacial score (nSPS) is 14.2. The van der Waals surface area contributed by atoms with Gasteiger partial charge in [0.05, 0.1) is 11.7 Å². The Labute approximate surface area is 103 Å². The van der Waals surface area contributed by atoms with Gasteiger partial charge in [0.1, 0.15) is 18.9 Å². The van der Waals surface area contributed by atoms with Crippen LogP contribution >= 0.6 is 11.7 Å². The third kappa shape index (κ3) is 6.15. The lowest BCUT2D eigenvalue weighted by Gasteiger charge is -2.15. The maximum atomic E-state index is 10.6. The third-order valence-electron chi connectivity index (χ3n) is 1.97. The number of nitrogens with zero attached hydrogens (tertiary/aromatic N) is 2. The molecule has 0 bridgehead atoms. The van der Waals surface area contributed by atoms with E-state index in [4.69, 9.17) is 10.5 Å². The monoisotopic (exact) mass is 260 g/mol.